The van der Waals surface area contributed by atoms with Crippen molar-refractivity contribution in [2.24, 2.45) is 0 Å². The molecule has 0 radical (unpaired) electrons. The minimum Gasteiger partial charge on any atom is -0.263 e. The van der Waals surface area contributed by atoms with Crippen LogP contribution in [0.4, 0.5) is 0 Å². The van der Waals surface area contributed by atoms with Crippen LogP contribution in [0.25, 0.3) is 0 Å². The molecule has 1 aliphatic carbocycles. The fraction of sp³-hybridized carbons (Fsp3) is 0.867. The zero-order valence-electron chi connectivity index (χ0n) is 11.9. The summed E-state index contributed by atoms with van der Waals surface area (Å²) in [7, 11) is 0. The Balaban J connectivity index is 2.02. The third-order valence-electron chi connectivity index (χ3n) is 4.15. The zero-order chi connectivity index (χ0) is 12.8. The number of hydrogen-bond acceptors (Lipinski definition) is 2. The van der Waals surface area contributed by atoms with Gasteiger partial charge in [-0.2, -0.15) is 5.10 Å². The van der Waals surface area contributed by atoms with Crippen LogP contribution >= 0.6 is 0 Å². The summed E-state index contributed by atoms with van der Waals surface area (Å²) in [4.78, 5) is 4.80. The number of aromatic nitrogens is 3. The van der Waals surface area contributed by atoms with Crippen molar-refractivity contribution >= 4 is 0 Å². The van der Waals surface area contributed by atoms with Crippen molar-refractivity contribution in [3.63, 3.8) is 0 Å². The topological polar surface area (TPSA) is 41.6 Å². The highest BCUT2D eigenvalue weighted by Crippen LogP contribution is 2.32. The fourth-order valence-corrected chi connectivity index (χ4v) is 3.13. The first-order valence-corrected chi connectivity index (χ1v) is 7.77. The molecule has 0 atom stereocenters. The Bertz CT molecular complexity index is 333. The van der Waals surface area contributed by atoms with Crippen LogP contribution in [0.1, 0.15) is 95.1 Å². The molecule has 1 heterocycles. The Labute approximate surface area is 111 Å². The molecule has 102 valence electrons. The number of nitrogens with zero attached hydrogens (tertiary/aromatic N) is 2. The van der Waals surface area contributed by atoms with E-state index in [4.69, 9.17) is 4.98 Å². The number of rotatable bonds is 6. The molecular weight excluding hydrogens is 222 g/mol. The summed E-state index contributed by atoms with van der Waals surface area (Å²) in [5, 5.41) is 7.70. The first-order valence-electron chi connectivity index (χ1n) is 7.77. The van der Waals surface area contributed by atoms with Crippen molar-refractivity contribution in [1.29, 1.82) is 0 Å². The van der Waals surface area contributed by atoms with Crippen molar-refractivity contribution in [2.45, 2.75) is 83.5 Å². The van der Waals surface area contributed by atoms with Gasteiger partial charge in [0.2, 0.25) is 0 Å². The average molecular weight is 249 g/mol. The van der Waals surface area contributed by atoms with Gasteiger partial charge in [0.25, 0.3) is 0 Å². The molecule has 1 N–H and O–H groups in total. The Morgan fingerprint density at radius 2 is 1.78 bits per heavy atom. The molecule has 2 rings (SSSR count). The molecule has 3 heteroatoms. The molecule has 0 aromatic carbocycles. The van der Waals surface area contributed by atoms with Crippen LogP contribution < -0.4 is 0 Å². The lowest BCUT2D eigenvalue weighted by Crippen LogP contribution is -2.06. The molecule has 0 aliphatic heterocycles. The highest BCUT2D eigenvalue weighted by Gasteiger charge is 2.21. The summed E-state index contributed by atoms with van der Waals surface area (Å²) in [6.45, 7) is 4.49. The molecule has 0 unspecified atom stereocenters. The van der Waals surface area contributed by atoms with Gasteiger partial charge in [-0.3, -0.25) is 5.10 Å². The predicted molar refractivity (Wildman–Crippen MR) is 74.8 cm³/mol. The minimum absolute atomic E-state index is 0.564. The van der Waals surface area contributed by atoms with Gasteiger partial charge < -0.3 is 0 Å². The number of hydrogen-bond donors (Lipinski definition) is 1. The molecule has 1 aromatic rings. The van der Waals surface area contributed by atoms with Gasteiger partial charge in [-0.1, -0.05) is 46.0 Å². The highest BCUT2D eigenvalue weighted by atomic mass is 15.2. The summed E-state index contributed by atoms with van der Waals surface area (Å²) in [6.07, 6.45) is 11.6. The Morgan fingerprint density at radius 3 is 2.39 bits per heavy atom. The summed E-state index contributed by atoms with van der Waals surface area (Å²) in [6, 6.07) is 0. The van der Waals surface area contributed by atoms with E-state index in [0.29, 0.717) is 11.8 Å². The first kappa shape index (κ1) is 13.6. The Morgan fingerprint density at radius 1 is 1.11 bits per heavy atom. The van der Waals surface area contributed by atoms with Crippen molar-refractivity contribution in [3.8, 4) is 0 Å². The largest absolute Gasteiger partial charge is 0.263 e. The zero-order valence-corrected chi connectivity index (χ0v) is 11.9. The predicted octanol–water partition coefficient (Wildman–Crippen LogP) is 4.54. The van der Waals surface area contributed by atoms with Crippen LogP contribution in [-0.2, 0) is 0 Å². The summed E-state index contributed by atoms with van der Waals surface area (Å²) < 4.78 is 0. The third-order valence-corrected chi connectivity index (χ3v) is 4.15. The minimum atomic E-state index is 0.564. The van der Waals surface area contributed by atoms with E-state index >= 15 is 0 Å². The van der Waals surface area contributed by atoms with E-state index in [-0.39, 0.29) is 0 Å². The number of aromatic amines is 1. The highest BCUT2D eigenvalue weighted by molar-refractivity contribution is 5.03. The van der Waals surface area contributed by atoms with E-state index in [1.54, 1.807) is 0 Å². The second kappa shape index (κ2) is 6.91. The van der Waals surface area contributed by atoms with E-state index in [0.717, 1.165) is 11.6 Å². The quantitative estimate of drug-likeness (QED) is 0.804. The van der Waals surface area contributed by atoms with E-state index in [2.05, 4.69) is 24.0 Å². The molecule has 0 spiro atoms. The van der Waals surface area contributed by atoms with Crippen LogP contribution in [0.15, 0.2) is 0 Å². The van der Waals surface area contributed by atoms with Crippen LogP contribution in [0.3, 0.4) is 0 Å². The lowest BCUT2D eigenvalue weighted by molar-refractivity contribution is 0.429. The van der Waals surface area contributed by atoms with Gasteiger partial charge in [-0.25, -0.2) is 4.98 Å². The van der Waals surface area contributed by atoms with E-state index in [9.17, 15) is 0 Å². The lowest BCUT2D eigenvalue weighted by atomic mass is 9.89. The maximum atomic E-state index is 4.80. The first-order chi connectivity index (χ1) is 8.85. The van der Waals surface area contributed by atoms with Crippen LogP contribution in [-0.4, -0.2) is 15.2 Å². The monoisotopic (exact) mass is 249 g/mol. The van der Waals surface area contributed by atoms with Gasteiger partial charge in [0.15, 0.2) is 5.82 Å². The molecule has 3 nitrogen and oxygen atoms in total. The Kier molecular flexibility index (Phi) is 5.21. The van der Waals surface area contributed by atoms with Crippen molar-refractivity contribution in [1.82, 2.24) is 15.2 Å². The van der Waals surface area contributed by atoms with Crippen molar-refractivity contribution < 1.29 is 0 Å². The van der Waals surface area contributed by atoms with E-state index < -0.39 is 0 Å². The van der Waals surface area contributed by atoms with Crippen LogP contribution in [0.2, 0.25) is 0 Å². The lowest BCUT2D eigenvalue weighted by Gasteiger charge is -2.18. The van der Waals surface area contributed by atoms with Gasteiger partial charge in [0.1, 0.15) is 5.82 Å². The van der Waals surface area contributed by atoms with E-state index in [1.165, 1.54) is 57.8 Å². The number of nitrogens with one attached hydrogen (secondary N) is 1. The molecule has 1 fully saturated rings. The molecular formula is C15H27N3. The van der Waals surface area contributed by atoms with Crippen LogP contribution in [0, 0.1) is 0 Å². The normalized spacial score (nSPS) is 17.5. The van der Waals surface area contributed by atoms with E-state index in [1.807, 2.05) is 0 Å². The van der Waals surface area contributed by atoms with Gasteiger partial charge in [-0.15, -0.1) is 0 Å². The smallest absolute Gasteiger partial charge is 0.153 e. The molecule has 1 aliphatic rings. The molecule has 1 aromatic heterocycles. The van der Waals surface area contributed by atoms with Gasteiger partial charge >= 0.3 is 0 Å². The maximum absolute atomic E-state index is 4.80. The summed E-state index contributed by atoms with van der Waals surface area (Å²) in [5.41, 5.74) is 0. The average Bonchev–Trinajstić information content (AvgIpc) is 2.89. The third kappa shape index (κ3) is 3.33. The molecule has 1 saturated carbocycles. The SMILES string of the molecule is CCCC(CCC)c1n[nH]c(C2CCCCC2)n1. The van der Waals surface area contributed by atoms with Gasteiger partial charge in [0.05, 0.1) is 0 Å². The number of H-pyrrole nitrogens is 1. The standard InChI is InChI=1S/C15H27N3/c1-3-8-12(9-4-2)14-16-15(18-17-14)13-10-6-5-7-11-13/h12-13H,3-11H2,1-2H3,(H,16,17,18). The Hall–Kier alpha value is -0.860. The van der Waals surface area contributed by atoms with Crippen molar-refractivity contribution in [2.75, 3.05) is 0 Å². The second-order valence-corrected chi connectivity index (χ2v) is 5.69. The maximum Gasteiger partial charge on any atom is 0.153 e. The molecule has 18 heavy (non-hydrogen) atoms. The molecule has 0 saturated heterocycles. The fourth-order valence-electron chi connectivity index (χ4n) is 3.13. The second-order valence-electron chi connectivity index (χ2n) is 5.69. The van der Waals surface area contributed by atoms with Gasteiger partial charge in [0, 0.05) is 11.8 Å². The molecule has 0 amide bonds. The summed E-state index contributed by atoms with van der Waals surface area (Å²) in [5.74, 6) is 3.43. The van der Waals surface area contributed by atoms with Crippen molar-refractivity contribution in [3.05, 3.63) is 11.6 Å². The molecule has 0 bridgehead atoms. The van der Waals surface area contributed by atoms with Gasteiger partial charge in [-0.05, 0) is 25.7 Å². The summed E-state index contributed by atoms with van der Waals surface area (Å²) >= 11 is 0. The van der Waals surface area contributed by atoms with Crippen LogP contribution in [0.5, 0.6) is 0 Å².